The second-order valence-electron chi connectivity index (χ2n) is 8.23. The molecular weight excluding hydrogens is 439 g/mol. The number of nitrogens with one attached hydrogen (secondary N) is 1. The molecule has 0 bridgehead atoms. The van der Waals surface area contributed by atoms with Crippen molar-refractivity contribution >= 4 is 44.1 Å². The number of anilines is 4. The van der Waals surface area contributed by atoms with Crippen molar-refractivity contribution in [3.05, 3.63) is 66.1 Å². The third-order valence-electron chi connectivity index (χ3n) is 5.82. The third-order valence-corrected chi connectivity index (χ3v) is 6.70. The average molecular weight is 465 g/mol. The summed E-state index contributed by atoms with van der Waals surface area (Å²) in [6, 6.07) is 14.2. The molecule has 170 valence electrons. The summed E-state index contributed by atoms with van der Waals surface area (Å²) in [6.07, 6.45) is 3.39. The fraction of sp³-hybridized carbons (Fsp3) is 0.292. The minimum Gasteiger partial charge on any atom is -0.393 e. The number of benzene rings is 1. The topological polar surface area (TPSA) is 77.4 Å². The second-order valence-corrected chi connectivity index (χ2v) is 9.21. The number of fused-ring (bicyclic) bond motifs is 1. The van der Waals surface area contributed by atoms with Crippen molar-refractivity contribution in [1.82, 2.24) is 19.9 Å². The van der Waals surface area contributed by atoms with E-state index in [4.69, 9.17) is 4.98 Å². The Kier molecular flexibility index (Phi) is 6.17. The van der Waals surface area contributed by atoms with Crippen LogP contribution in [-0.4, -0.2) is 51.2 Å². The lowest BCUT2D eigenvalue weighted by molar-refractivity contribution is 0.0792. The van der Waals surface area contributed by atoms with Gasteiger partial charge >= 0.3 is 0 Å². The lowest BCUT2D eigenvalue weighted by atomic mass is 10.1. The highest BCUT2D eigenvalue weighted by atomic mass is 32.1. The second kappa shape index (κ2) is 9.38. The van der Waals surface area contributed by atoms with Gasteiger partial charge in [0.15, 0.2) is 5.13 Å². The number of aliphatic hydroxyl groups is 1. The van der Waals surface area contributed by atoms with Gasteiger partial charge in [-0.3, -0.25) is 4.90 Å². The van der Waals surface area contributed by atoms with Crippen molar-refractivity contribution in [2.24, 2.45) is 0 Å². The number of rotatable bonds is 6. The Morgan fingerprint density at radius 1 is 1.09 bits per heavy atom. The van der Waals surface area contributed by atoms with Crippen LogP contribution in [0.15, 0.2) is 54.7 Å². The molecule has 0 atom stereocenters. The van der Waals surface area contributed by atoms with E-state index >= 15 is 0 Å². The molecule has 1 saturated heterocycles. The van der Waals surface area contributed by atoms with Crippen LogP contribution in [0, 0.1) is 5.82 Å². The zero-order valence-corrected chi connectivity index (χ0v) is 19.1. The van der Waals surface area contributed by atoms with Gasteiger partial charge in [0.2, 0.25) is 0 Å². The molecule has 0 spiro atoms. The molecule has 4 heterocycles. The number of halogens is 1. The maximum absolute atomic E-state index is 13.2. The summed E-state index contributed by atoms with van der Waals surface area (Å²) in [5, 5.41) is 13.7. The molecular formula is C24H25FN6OS. The van der Waals surface area contributed by atoms with Crippen LogP contribution < -0.4 is 10.2 Å². The summed E-state index contributed by atoms with van der Waals surface area (Å²) in [5.74, 6) is 1.23. The Morgan fingerprint density at radius 3 is 2.61 bits per heavy atom. The number of thiazole rings is 1. The first-order chi connectivity index (χ1) is 16.0. The van der Waals surface area contributed by atoms with Crippen molar-refractivity contribution < 1.29 is 9.50 Å². The van der Waals surface area contributed by atoms with Crippen LogP contribution in [0.4, 0.5) is 26.8 Å². The van der Waals surface area contributed by atoms with Gasteiger partial charge in [0.25, 0.3) is 0 Å². The first-order valence-corrected chi connectivity index (χ1v) is 11.7. The Hall–Kier alpha value is -3.14. The van der Waals surface area contributed by atoms with E-state index in [0.717, 1.165) is 70.8 Å². The summed E-state index contributed by atoms with van der Waals surface area (Å²) in [6.45, 7) is 2.67. The number of hydrogen-bond acceptors (Lipinski definition) is 8. The molecule has 0 aliphatic carbocycles. The Morgan fingerprint density at radius 2 is 1.88 bits per heavy atom. The predicted molar refractivity (Wildman–Crippen MR) is 130 cm³/mol. The van der Waals surface area contributed by atoms with Crippen LogP contribution in [0.25, 0.3) is 10.3 Å². The van der Waals surface area contributed by atoms with Crippen molar-refractivity contribution in [1.29, 1.82) is 0 Å². The van der Waals surface area contributed by atoms with Gasteiger partial charge in [0.05, 0.1) is 6.10 Å². The van der Waals surface area contributed by atoms with Crippen LogP contribution in [0.2, 0.25) is 0 Å². The zero-order chi connectivity index (χ0) is 22.8. The van der Waals surface area contributed by atoms with Gasteiger partial charge in [0.1, 0.15) is 27.8 Å². The van der Waals surface area contributed by atoms with E-state index in [1.54, 1.807) is 12.1 Å². The molecule has 1 aliphatic rings. The molecule has 5 rings (SSSR count). The fourth-order valence-electron chi connectivity index (χ4n) is 3.88. The molecule has 33 heavy (non-hydrogen) atoms. The quantitative estimate of drug-likeness (QED) is 0.429. The summed E-state index contributed by atoms with van der Waals surface area (Å²) >= 11 is 1.46. The molecule has 0 saturated carbocycles. The largest absolute Gasteiger partial charge is 0.393 e. The van der Waals surface area contributed by atoms with Crippen LogP contribution >= 0.6 is 11.3 Å². The molecule has 2 N–H and O–H groups in total. The summed E-state index contributed by atoms with van der Waals surface area (Å²) in [7, 11) is 1.90. The number of hydrogen-bond donors (Lipinski definition) is 2. The van der Waals surface area contributed by atoms with Gasteiger partial charge in [-0.15, -0.1) is 0 Å². The fourth-order valence-corrected chi connectivity index (χ4v) is 4.72. The van der Waals surface area contributed by atoms with Crippen molar-refractivity contribution in [3.8, 4) is 0 Å². The van der Waals surface area contributed by atoms with Gasteiger partial charge in [-0.25, -0.2) is 19.3 Å². The Balaban J connectivity index is 1.26. The highest BCUT2D eigenvalue weighted by molar-refractivity contribution is 7.21. The van der Waals surface area contributed by atoms with Gasteiger partial charge in [-0.2, -0.15) is 0 Å². The Bertz CT molecular complexity index is 1220. The summed E-state index contributed by atoms with van der Waals surface area (Å²) in [5.41, 5.74) is 2.81. The maximum atomic E-state index is 13.2. The van der Waals surface area contributed by atoms with E-state index in [9.17, 15) is 9.50 Å². The SMILES string of the molecule is CN(c1ccc(F)cc1)c1ccc2nc(Nc3ccc(CN4CCC(O)CC4)cn3)sc2n1. The van der Waals surface area contributed by atoms with Gasteiger partial charge in [0, 0.05) is 38.6 Å². The highest BCUT2D eigenvalue weighted by Gasteiger charge is 2.17. The number of likely N-dealkylation sites (tertiary alicyclic amines) is 1. The molecule has 7 nitrogen and oxygen atoms in total. The zero-order valence-electron chi connectivity index (χ0n) is 18.3. The van der Waals surface area contributed by atoms with E-state index in [1.165, 1.54) is 23.5 Å². The molecule has 0 unspecified atom stereocenters. The van der Waals surface area contributed by atoms with Crippen molar-refractivity contribution in [2.75, 3.05) is 30.4 Å². The predicted octanol–water partition coefficient (Wildman–Crippen LogP) is 4.69. The van der Waals surface area contributed by atoms with Gasteiger partial charge < -0.3 is 15.3 Å². The molecule has 0 radical (unpaired) electrons. The number of pyridine rings is 2. The van der Waals surface area contributed by atoms with E-state index in [2.05, 4.69) is 26.3 Å². The minimum atomic E-state index is -0.262. The highest BCUT2D eigenvalue weighted by Crippen LogP contribution is 2.30. The van der Waals surface area contributed by atoms with E-state index < -0.39 is 0 Å². The Labute approximate surface area is 195 Å². The molecule has 1 aliphatic heterocycles. The van der Waals surface area contributed by atoms with E-state index in [0.29, 0.717) is 0 Å². The smallest absolute Gasteiger partial charge is 0.190 e. The molecule has 9 heteroatoms. The number of aromatic nitrogens is 3. The molecule has 1 fully saturated rings. The average Bonchev–Trinajstić information content (AvgIpc) is 3.23. The minimum absolute atomic E-state index is 0.159. The monoisotopic (exact) mass is 464 g/mol. The normalized spacial score (nSPS) is 15.1. The van der Waals surface area contributed by atoms with Crippen LogP contribution in [0.1, 0.15) is 18.4 Å². The van der Waals surface area contributed by atoms with Gasteiger partial charge in [-0.1, -0.05) is 17.4 Å². The maximum Gasteiger partial charge on any atom is 0.190 e. The van der Waals surface area contributed by atoms with Gasteiger partial charge in [-0.05, 0) is 60.9 Å². The summed E-state index contributed by atoms with van der Waals surface area (Å²) < 4.78 is 13.2. The number of piperidine rings is 1. The molecule has 3 aromatic heterocycles. The number of nitrogens with zero attached hydrogens (tertiary/aromatic N) is 5. The van der Waals surface area contributed by atoms with Crippen molar-refractivity contribution in [2.45, 2.75) is 25.5 Å². The lowest BCUT2D eigenvalue weighted by Gasteiger charge is -2.29. The van der Waals surface area contributed by atoms with Crippen molar-refractivity contribution in [3.63, 3.8) is 0 Å². The standard InChI is InChI=1S/C24H25FN6OS/c1-30(18-5-3-17(25)4-6-18)22-9-7-20-23(29-22)33-24(27-20)28-21-8-2-16(14-26-21)15-31-12-10-19(32)11-13-31/h2-9,14,19,32H,10-13,15H2,1H3,(H,26,27,28). The summed E-state index contributed by atoms with van der Waals surface area (Å²) in [4.78, 5) is 19.0. The first-order valence-electron chi connectivity index (χ1n) is 10.9. The molecule has 1 aromatic carbocycles. The first kappa shape index (κ1) is 21.7. The van der Waals surface area contributed by atoms with Crippen LogP contribution in [-0.2, 0) is 6.54 Å². The van der Waals surface area contributed by atoms with Crippen LogP contribution in [0.5, 0.6) is 0 Å². The van der Waals surface area contributed by atoms with E-state index in [1.807, 2.05) is 36.3 Å². The third kappa shape index (κ3) is 5.11. The van der Waals surface area contributed by atoms with E-state index in [-0.39, 0.29) is 11.9 Å². The molecule has 4 aromatic rings. The lowest BCUT2D eigenvalue weighted by Crippen LogP contribution is -2.35. The van der Waals surface area contributed by atoms with Crippen LogP contribution in [0.3, 0.4) is 0 Å². The molecule has 0 amide bonds. The number of aliphatic hydroxyl groups excluding tert-OH is 1.